The van der Waals surface area contributed by atoms with Crippen molar-refractivity contribution in [2.24, 2.45) is 0 Å². The molecule has 1 aliphatic rings. The second-order valence-corrected chi connectivity index (χ2v) is 8.36. The number of esters is 1. The lowest BCUT2D eigenvalue weighted by atomic mass is 9.96. The molecule has 154 valence electrons. The Morgan fingerprint density at radius 3 is 2.40 bits per heavy atom. The molecule has 0 atom stereocenters. The molecule has 1 amide bonds. The number of carbonyl (C=O) groups excluding carboxylic acids is 2. The Morgan fingerprint density at radius 1 is 1.10 bits per heavy atom. The van der Waals surface area contributed by atoms with E-state index >= 15 is 0 Å². The summed E-state index contributed by atoms with van der Waals surface area (Å²) in [6.07, 6.45) is 2.56. The molecule has 1 aromatic heterocycles. The van der Waals surface area contributed by atoms with E-state index in [1.165, 1.54) is 23.8 Å². The van der Waals surface area contributed by atoms with Crippen molar-refractivity contribution in [2.45, 2.75) is 45.1 Å². The van der Waals surface area contributed by atoms with Crippen LogP contribution in [0.4, 0.5) is 10.8 Å². The van der Waals surface area contributed by atoms with Crippen LogP contribution in [0.5, 0.6) is 0 Å². The summed E-state index contributed by atoms with van der Waals surface area (Å²) in [5.74, 6) is -0.319. The van der Waals surface area contributed by atoms with Gasteiger partial charge in [0.05, 0.1) is 16.8 Å². The van der Waals surface area contributed by atoms with Gasteiger partial charge in [-0.15, -0.1) is 11.3 Å². The number of rotatable bonds is 7. The zero-order chi connectivity index (χ0) is 21.1. The topological polar surface area (TPSA) is 59.5 Å². The van der Waals surface area contributed by atoms with E-state index in [4.69, 9.17) is 4.74 Å². The molecule has 0 bridgehead atoms. The normalized spacial score (nSPS) is 14.2. The van der Waals surface area contributed by atoms with E-state index in [2.05, 4.69) is 11.9 Å². The Hall–Kier alpha value is -2.99. The number of benzene rings is 2. The number of anilines is 2. The van der Waals surface area contributed by atoms with E-state index in [-0.39, 0.29) is 18.5 Å². The van der Waals surface area contributed by atoms with Crippen LogP contribution in [0.1, 0.15) is 43.5 Å². The fourth-order valence-corrected chi connectivity index (χ4v) is 4.41. The van der Waals surface area contributed by atoms with E-state index in [0.29, 0.717) is 10.8 Å². The molecule has 6 heteroatoms. The largest absolute Gasteiger partial charge is 0.458 e. The molecular formula is C24H24N2O3S. The Balaban J connectivity index is 1.45. The van der Waals surface area contributed by atoms with E-state index in [0.717, 1.165) is 30.5 Å². The highest BCUT2D eigenvalue weighted by Gasteiger charge is 2.52. The number of ether oxygens (including phenoxy) is 1. The third kappa shape index (κ3) is 4.00. The fourth-order valence-electron chi connectivity index (χ4n) is 3.54. The highest BCUT2D eigenvalue weighted by molar-refractivity contribution is 7.14. The minimum Gasteiger partial charge on any atom is -0.458 e. The van der Waals surface area contributed by atoms with Crippen LogP contribution in [-0.4, -0.2) is 16.9 Å². The van der Waals surface area contributed by atoms with Crippen molar-refractivity contribution in [3.05, 3.63) is 76.8 Å². The molecule has 0 unspecified atom stereocenters. The molecular weight excluding hydrogens is 396 g/mol. The van der Waals surface area contributed by atoms with Gasteiger partial charge in [0.2, 0.25) is 5.91 Å². The van der Waals surface area contributed by atoms with Crippen molar-refractivity contribution in [2.75, 3.05) is 4.90 Å². The lowest BCUT2D eigenvalue weighted by Crippen LogP contribution is -2.23. The summed E-state index contributed by atoms with van der Waals surface area (Å²) in [6.45, 7) is 3.71. The maximum absolute atomic E-state index is 12.7. The van der Waals surface area contributed by atoms with Gasteiger partial charge >= 0.3 is 5.97 Å². The lowest BCUT2D eigenvalue weighted by Gasteiger charge is -2.18. The maximum atomic E-state index is 12.7. The molecule has 1 fully saturated rings. The lowest BCUT2D eigenvalue weighted by molar-refractivity contribution is -0.148. The molecule has 0 spiro atoms. The molecule has 5 nitrogen and oxygen atoms in total. The molecule has 1 aliphatic carbocycles. The molecule has 2 aromatic carbocycles. The first kappa shape index (κ1) is 20.3. The number of carbonyl (C=O) groups is 2. The van der Waals surface area contributed by atoms with E-state index in [9.17, 15) is 9.59 Å². The Morgan fingerprint density at radius 2 is 1.80 bits per heavy atom. The van der Waals surface area contributed by atoms with Crippen LogP contribution in [-0.2, 0) is 32.8 Å². The summed E-state index contributed by atoms with van der Waals surface area (Å²) < 4.78 is 5.60. The monoisotopic (exact) mass is 420 g/mol. The van der Waals surface area contributed by atoms with Gasteiger partial charge in [0, 0.05) is 12.3 Å². The quantitative estimate of drug-likeness (QED) is 0.495. The number of hydrogen-bond acceptors (Lipinski definition) is 5. The van der Waals surface area contributed by atoms with E-state index in [1.807, 2.05) is 60.0 Å². The first-order valence-corrected chi connectivity index (χ1v) is 11.0. The van der Waals surface area contributed by atoms with Crippen LogP contribution in [0.3, 0.4) is 0 Å². The van der Waals surface area contributed by atoms with Crippen LogP contribution in [0.25, 0.3) is 0 Å². The molecule has 0 saturated heterocycles. The molecule has 0 radical (unpaired) electrons. The summed E-state index contributed by atoms with van der Waals surface area (Å²) in [6, 6.07) is 17.7. The summed E-state index contributed by atoms with van der Waals surface area (Å²) >= 11 is 1.36. The maximum Gasteiger partial charge on any atom is 0.316 e. The van der Waals surface area contributed by atoms with Crippen molar-refractivity contribution < 1.29 is 14.3 Å². The summed E-state index contributed by atoms with van der Waals surface area (Å²) in [5.41, 5.74) is 3.13. The van der Waals surface area contributed by atoms with Crippen molar-refractivity contribution in [3.8, 4) is 0 Å². The number of amides is 1. The first-order valence-electron chi connectivity index (χ1n) is 10.1. The van der Waals surface area contributed by atoms with Crippen molar-refractivity contribution >= 4 is 34.0 Å². The average Bonchev–Trinajstić information content (AvgIpc) is 3.46. The van der Waals surface area contributed by atoms with Gasteiger partial charge in [-0.05, 0) is 42.5 Å². The Kier molecular flexibility index (Phi) is 5.68. The van der Waals surface area contributed by atoms with Crippen LogP contribution in [0.2, 0.25) is 0 Å². The number of aryl methyl sites for hydroxylation is 1. The van der Waals surface area contributed by atoms with Crippen molar-refractivity contribution in [3.63, 3.8) is 0 Å². The molecule has 0 N–H and O–H groups in total. The standard InChI is InChI=1S/C24H24N2O3S/c1-3-18-9-11-21(12-10-18)26(17(2)27)23-25-20(16-30-23)15-29-22(28)24(13-14-24)19-7-5-4-6-8-19/h4-12,16H,3,13-15H2,1-2H3. The second kappa shape index (κ2) is 8.40. The van der Waals surface area contributed by atoms with Crippen LogP contribution in [0.15, 0.2) is 60.0 Å². The molecule has 0 aliphatic heterocycles. The van der Waals surface area contributed by atoms with Gasteiger partial charge in [0.1, 0.15) is 6.61 Å². The molecule has 30 heavy (non-hydrogen) atoms. The van der Waals surface area contributed by atoms with Crippen LogP contribution < -0.4 is 4.90 Å². The number of nitrogens with zero attached hydrogens (tertiary/aromatic N) is 2. The molecule has 3 aromatic rings. The third-order valence-corrected chi connectivity index (χ3v) is 6.34. The van der Waals surface area contributed by atoms with Gasteiger partial charge in [0.25, 0.3) is 0 Å². The van der Waals surface area contributed by atoms with Crippen molar-refractivity contribution in [1.29, 1.82) is 0 Å². The average molecular weight is 421 g/mol. The van der Waals surface area contributed by atoms with Gasteiger partial charge in [0.15, 0.2) is 5.13 Å². The zero-order valence-electron chi connectivity index (χ0n) is 17.1. The van der Waals surface area contributed by atoms with E-state index in [1.54, 1.807) is 4.90 Å². The van der Waals surface area contributed by atoms with Gasteiger partial charge in [-0.3, -0.25) is 14.5 Å². The molecule has 1 saturated carbocycles. The zero-order valence-corrected chi connectivity index (χ0v) is 17.9. The summed E-state index contributed by atoms with van der Waals surface area (Å²) in [7, 11) is 0. The highest BCUT2D eigenvalue weighted by Crippen LogP contribution is 2.49. The Bertz CT molecular complexity index is 1040. The summed E-state index contributed by atoms with van der Waals surface area (Å²) in [4.78, 5) is 31.1. The van der Waals surface area contributed by atoms with Crippen molar-refractivity contribution in [1.82, 2.24) is 4.98 Å². The van der Waals surface area contributed by atoms with E-state index < -0.39 is 5.41 Å². The van der Waals surface area contributed by atoms with Crippen LogP contribution in [0, 0.1) is 0 Å². The van der Waals surface area contributed by atoms with Gasteiger partial charge in [-0.25, -0.2) is 4.98 Å². The SMILES string of the molecule is CCc1ccc(N(C(C)=O)c2nc(COC(=O)C3(c4ccccc4)CC3)cs2)cc1. The smallest absolute Gasteiger partial charge is 0.316 e. The number of thiazole rings is 1. The molecule has 4 rings (SSSR count). The molecule has 1 heterocycles. The fraction of sp³-hybridized carbons (Fsp3) is 0.292. The number of aromatic nitrogens is 1. The Labute approximate surface area is 180 Å². The first-order chi connectivity index (χ1) is 14.5. The highest BCUT2D eigenvalue weighted by atomic mass is 32.1. The second-order valence-electron chi connectivity index (χ2n) is 7.52. The minimum absolute atomic E-state index is 0.102. The van der Waals surface area contributed by atoms with Gasteiger partial charge in [-0.1, -0.05) is 49.4 Å². The minimum atomic E-state index is -0.507. The summed E-state index contributed by atoms with van der Waals surface area (Å²) in [5, 5.41) is 2.41. The predicted octanol–water partition coefficient (Wildman–Crippen LogP) is 5.17. The van der Waals surface area contributed by atoms with Gasteiger partial charge in [-0.2, -0.15) is 0 Å². The third-order valence-electron chi connectivity index (χ3n) is 5.47. The van der Waals surface area contributed by atoms with Crippen LogP contribution >= 0.6 is 11.3 Å². The predicted molar refractivity (Wildman–Crippen MR) is 118 cm³/mol. The van der Waals surface area contributed by atoms with Gasteiger partial charge < -0.3 is 4.74 Å². The number of hydrogen-bond donors (Lipinski definition) is 0.